The van der Waals surface area contributed by atoms with Gasteiger partial charge in [0.1, 0.15) is 6.61 Å². The largest absolute Gasteiger partial charge is 0.373 e. The molecule has 82 valence electrons. The smallest absolute Gasteiger partial charge is 0.188 e. The molecule has 1 aromatic carbocycles. The first kappa shape index (κ1) is 11.9. The van der Waals surface area contributed by atoms with Crippen LogP contribution in [0.15, 0.2) is 30.3 Å². The van der Waals surface area contributed by atoms with E-state index in [2.05, 4.69) is 0 Å². The van der Waals surface area contributed by atoms with Crippen molar-refractivity contribution in [2.45, 2.75) is 19.4 Å². The van der Waals surface area contributed by atoms with Crippen molar-refractivity contribution in [3.05, 3.63) is 35.9 Å². The van der Waals surface area contributed by atoms with Gasteiger partial charge in [0.25, 0.3) is 0 Å². The zero-order valence-corrected chi connectivity index (χ0v) is 8.98. The minimum atomic E-state index is 0.0141. The van der Waals surface area contributed by atoms with E-state index in [0.717, 1.165) is 6.42 Å². The monoisotopic (exact) mass is 207 g/mol. The summed E-state index contributed by atoms with van der Waals surface area (Å²) in [6.45, 7) is 2.59. The van der Waals surface area contributed by atoms with Crippen molar-refractivity contribution in [1.82, 2.24) is 0 Å². The highest BCUT2D eigenvalue weighted by molar-refractivity contribution is 5.96. The van der Waals surface area contributed by atoms with Crippen LogP contribution in [0.5, 0.6) is 0 Å². The molecule has 0 aliphatic carbocycles. The lowest BCUT2D eigenvalue weighted by atomic mass is 10.1. The average Bonchev–Trinajstić information content (AvgIpc) is 2.25. The number of carbonyl (C=O) groups is 1. The van der Waals surface area contributed by atoms with E-state index in [1.165, 1.54) is 0 Å². The van der Waals surface area contributed by atoms with Crippen molar-refractivity contribution in [2.24, 2.45) is 5.73 Å². The van der Waals surface area contributed by atoms with Crippen molar-refractivity contribution in [3.63, 3.8) is 0 Å². The highest BCUT2D eigenvalue weighted by Gasteiger charge is 2.04. The molecule has 1 atom stereocenters. The van der Waals surface area contributed by atoms with Crippen LogP contribution in [0.2, 0.25) is 0 Å². The number of hydrogen-bond donors (Lipinski definition) is 1. The summed E-state index contributed by atoms with van der Waals surface area (Å²) in [5.41, 5.74) is 6.25. The average molecular weight is 207 g/mol. The zero-order chi connectivity index (χ0) is 11.1. The van der Waals surface area contributed by atoms with Gasteiger partial charge in [0.05, 0.1) is 0 Å². The number of carbonyl (C=O) groups excluding carboxylic acids is 1. The van der Waals surface area contributed by atoms with E-state index in [0.29, 0.717) is 12.2 Å². The van der Waals surface area contributed by atoms with Crippen LogP contribution in [0.4, 0.5) is 0 Å². The quantitative estimate of drug-likeness (QED) is 0.569. The van der Waals surface area contributed by atoms with E-state index >= 15 is 0 Å². The van der Waals surface area contributed by atoms with Gasteiger partial charge in [-0.2, -0.15) is 0 Å². The summed E-state index contributed by atoms with van der Waals surface area (Å²) in [5.74, 6) is 0.0141. The van der Waals surface area contributed by atoms with Gasteiger partial charge in [-0.1, -0.05) is 30.3 Å². The van der Waals surface area contributed by atoms with E-state index in [-0.39, 0.29) is 18.4 Å². The first-order chi connectivity index (χ1) is 7.20. The highest BCUT2D eigenvalue weighted by atomic mass is 16.5. The van der Waals surface area contributed by atoms with Crippen molar-refractivity contribution in [1.29, 1.82) is 0 Å². The molecule has 0 aliphatic rings. The van der Waals surface area contributed by atoms with Crippen LogP contribution in [0.25, 0.3) is 0 Å². The zero-order valence-electron chi connectivity index (χ0n) is 8.98. The lowest BCUT2D eigenvalue weighted by molar-refractivity contribution is 0.0749. The van der Waals surface area contributed by atoms with E-state index in [4.69, 9.17) is 10.5 Å². The molecule has 1 rings (SSSR count). The Kier molecular flexibility index (Phi) is 5.01. The third-order valence-electron chi connectivity index (χ3n) is 2.05. The minimum absolute atomic E-state index is 0.0141. The summed E-state index contributed by atoms with van der Waals surface area (Å²) in [4.78, 5) is 11.5. The topological polar surface area (TPSA) is 52.3 Å². The maximum Gasteiger partial charge on any atom is 0.188 e. The number of ketones is 1. The molecule has 1 unspecified atom stereocenters. The van der Waals surface area contributed by atoms with Crippen molar-refractivity contribution >= 4 is 5.78 Å². The molecule has 0 saturated carbocycles. The molecule has 0 aromatic heterocycles. The Hall–Kier alpha value is -1.19. The summed E-state index contributed by atoms with van der Waals surface area (Å²) in [6.07, 6.45) is 0.780. The highest BCUT2D eigenvalue weighted by Crippen LogP contribution is 2.00. The molecule has 3 heteroatoms. The lowest BCUT2D eigenvalue weighted by Crippen LogP contribution is -2.18. The molecule has 0 amide bonds. The molecule has 3 nitrogen and oxygen atoms in total. The van der Waals surface area contributed by atoms with E-state index in [1.54, 1.807) is 12.1 Å². The first-order valence-electron chi connectivity index (χ1n) is 5.11. The summed E-state index contributed by atoms with van der Waals surface area (Å²) in [5, 5.41) is 0. The van der Waals surface area contributed by atoms with Crippen molar-refractivity contribution in [3.8, 4) is 0 Å². The van der Waals surface area contributed by atoms with Gasteiger partial charge in [-0.15, -0.1) is 0 Å². The Labute approximate surface area is 90.2 Å². The van der Waals surface area contributed by atoms with Crippen LogP contribution < -0.4 is 5.73 Å². The molecule has 0 heterocycles. The Bertz CT molecular complexity index is 296. The Morgan fingerprint density at radius 3 is 2.67 bits per heavy atom. The molecule has 0 aliphatic heterocycles. The number of hydrogen-bond acceptors (Lipinski definition) is 3. The van der Waals surface area contributed by atoms with Gasteiger partial charge in [0, 0.05) is 18.2 Å². The Morgan fingerprint density at radius 2 is 2.07 bits per heavy atom. The number of rotatable bonds is 6. The second-order valence-corrected chi connectivity index (χ2v) is 3.61. The van der Waals surface area contributed by atoms with Crippen LogP contribution in [0.1, 0.15) is 23.7 Å². The fourth-order valence-electron chi connectivity index (χ4n) is 1.14. The third-order valence-corrected chi connectivity index (χ3v) is 2.05. The predicted molar refractivity (Wildman–Crippen MR) is 59.9 cm³/mol. The van der Waals surface area contributed by atoms with Gasteiger partial charge >= 0.3 is 0 Å². The SMILES string of the molecule is CC(N)CCOCC(=O)c1ccccc1. The summed E-state index contributed by atoms with van der Waals surface area (Å²) in [6, 6.07) is 9.27. The maximum atomic E-state index is 11.5. The van der Waals surface area contributed by atoms with Crippen LogP contribution in [0.3, 0.4) is 0 Å². The second-order valence-electron chi connectivity index (χ2n) is 3.61. The molecule has 2 N–H and O–H groups in total. The fourth-order valence-corrected chi connectivity index (χ4v) is 1.14. The first-order valence-corrected chi connectivity index (χ1v) is 5.11. The molecule has 15 heavy (non-hydrogen) atoms. The van der Waals surface area contributed by atoms with Gasteiger partial charge in [0.2, 0.25) is 0 Å². The van der Waals surface area contributed by atoms with Gasteiger partial charge < -0.3 is 10.5 Å². The van der Waals surface area contributed by atoms with E-state index in [9.17, 15) is 4.79 Å². The number of Topliss-reactive ketones (excluding diaryl/α,β-unsaturated/α-hetero) is 1. The third kappa shape index (κ3) is 4.72. The minimum Gasteiger partial charge on any atom is -0.373 e. The molecule has 0 bridgehead atoms. The van der Waals surface area contributed by atoms with Gasteiger partial charge in [-0.3, -0.25) is 4.79 Å². The van der Waals surface area contributed by atoms with Crippen LogP contribution in [-0.2, 0) is 4.74 Å². The molecular formula is C12H17NO2. The van der Waals surface area contributed by atoms with Crippen LogP contribution >= 0.6 is 0 Å². The maximum absolute atomic E-state index is 11.5. The molecule has 0 saturated heterocycles. The molecule has 0 radical (unpaired) electrons. The Morgan fingerprint density at radius 1 is 1.40 bits per heavy atom. The fraction of sp³-hybridized carbons (Fsp3) is 0.417. The lowest BCUT2D eigenvalue weighted by Gasteiger charge is -2.05. The standard InChI is InChI=1S/C12H17NO2/c1-10(13)7-8-15-9-12(14)11-5-3-2-4-6-11/h2-6,10H,7-9,13H2,1H3. The molecular weight excluding hydrogens is 190 g/mol. The Balaban J connectivity index is 2.25. The molecule has 0 fully saturated rings. The summed E-state index contributed by atoms with van der Waals surface area (Å²) in [7, 11) is 0. The van der Waals surface area contributed by atoms with Gasteiger partial charge in [-0.05, 0) is 13.3 Å². The number of ether oxygens (including phenoxy) is 1. The van der Waals surface area contributed by atoms with E-state index < -0.39 is 0 Å². The van der Waals surface area contributed by atoms with Crippen molar-refractivity contribution < 1.29 is 9.53 Å². The predicted octanol–water partition coefficient (Wildman–Crippen LogP) is 1.62. The molecule has 0 spiro atoms. The normalized spacial score (nSPS) is 12.4. The van der Waals surface area contributed by atoms with Crippen LogP contribution in [-0.4, -0.2) is 25.0 Å². The molecule has 1 aromatic rings. The van der Waals surface area contributed by atoms with Crippen LogP contribution in [0, 0.1) is 0 Å². The summed E-state index contributed by atoms with van der Waals surface area (Å²) >= 11 is 0. The van der Waals surface area contributed by atoms with Gasteiger partial charge in [0.15, 0.2) is 5.78 Å². The van der Waals surface area contributed by atoms with Gasteiger partial charge in [-0.25, -0.2) is 0 Å². The number of nitrogens with two attached hydrogens (primary N) is 1. The second kappa shape index (κ2) is 6.32. The van der Waals surface area contributed by atoms with E-state index in [1.807, 2.05) is 25.1 Å². The summed E-state index contributed by atoms with van der Waals surface area (Å²) < 4.78 is 5.23. The number of benzene rings is 1. The van der Waals surface area contributed by atoms with Crippen molar-refractivity contribution in [2.75, 3.05) is 13.2 Å².